The molecule has 0 unspecified atom stereocenters. The van der Waals surface area contributed by atoms with Crippen LogP contribution in [0, 0.1) is 6.92 Å². The second-order valence-electron chi connectivity index (χ2n) is 6.00. The number of nitrogens with two attached hydrogens (primary N) is 1. The summed E-state index contributed by atoms with van der Waals surface area (Å²) in [6, 6.07) is 5.77. The number of carbonyl (C=O) groups is 1. The van der Waals surface area contributed by atoms with Gasteiger partial charge in [0.25, 0.3) is 6.92 Å². The molecule has 1 fully saturated rings. The molecule has 6 nitrogen and oxygen atoms in total. The van der Waals surface area contributed by atoms with E-state index in [2.05, 4.69) is 9.88 Å². The van der Waals surface area contributed by atoms with Crippen molar-refractivity contribution in [2.75, 3.05) is 33.0 Å². The van der Waals surface area contributed by atoms with Crippen LogP contribution in [-0.2, 0) is 9.45 Å². The molecule has 2 N–H and O–H groups in total. The third-order valence-corrected chi connectivity index (χ3v) is 5.08. The number of benzene rings is 1. The number of rotatable bonds is 7. The largest absolute Gasteiger partial charge is 0.486 e. The lowest BCUT2D eigenvalue weighted by Crippen LogP contribution is -2.42. The number of Topliss-reactive ketones (excluding diaryl/α,β-unsaturated/α-hetero) is 1. The Morgan fingerprint density at radius 3 is 2.96 bits per heavy atom. The summed E-state index contributed by atoms with van der Waals surface area (Å²) < 4.78 is 12.2. The first-order valence-corrected chi connectivity index (χ1v) is 9.01. The van der Waals surface area contributed by atoms with Crippen LogP contribution in [0.2, 0.25) is 12.6 Å². The molecule has 1 aliphatic heterocycles. The van der Waals surface area contributed by atoms with Crippen LogP contribution in [0.25, 0.3) is 10.2 Å². The number of hydrogen-bond acceptors (Lipinski definition) is 7. The van der Waals surface area contributed by atoms with E-state index < -0.39 is 0 Å². The van der Waals surface area contributed by atoms with Crippen molar-refractivity contribution in [3.05, 3.63) is 23.2 Å². The van der Waals surface area contributed by atoms with Crippen molar-refractivity contribution in [1.29, 1.82) is 0 Å². The molecule has 8 heteroatoms. The van der Waals surface area contributed by atoms with Gasteiger partial charge in [-0.05, 0) is 44.8 Å². The molecule has 0 spiro atoms. The van der Waals surface area contributed by atoms with Crippen LogP contribution in [0.4, 0.5) is 0 Å². The van der Waals surface area contributed by atoms with Crippen LogP contribution in [-0.4, -0.2) is 55.6 Å². The van der Waals surface area contributed by atoms with Gasteiger partial charge in [-0.25, -0.2) is 4.98 Å². The van der Waals surface area contributed by atoms with Gasteiger partial charge in [-0.2, -0.15) is 0 Å². The minimum absolute atomic E-state index is 0.0859. The van der Waals surface area contributed by atoms with Crippen LogP contribution in [0.15, 0.2) is 18.2 Å². The molecule has 0 radical (unpaired) electrons. The van der Waals surface area contributed by atoms with Crippen molar-refractivity contribution < 1.29 is 14.2 Å². The lowest BCUT2D eigenvalue weighted by molar-refractivity contribution is -0.122. The number of thiazole rings is 1. The standard InChI is InChI=1S/C16H22BN3O3S/c1-12-19-15-8-14(2-3-16(15)24-12)22-10-13(21)9-20-6-4-17(5-7-20)23-11-18/h2-3,8H,4-7,9-11,18H2,1H3. The van der Waals surface area contributed by atoms with Crippen LogP contribution < -0.4 is 10.5 Å². The number of aryl methyl sites for hydroxylation is 1. The smallest absolute Gasteiger partial charge is 0.297 e. The van der Waals surface area contributed by atoms with E-state index in [9.17, 15) is 4.79 Å². The third kappa shape index (κ3) is 4.54. The van der Waals surface area contributed by atoms with Crippen LogP contribution in [0.1, 0.15) is 5.01 Å². The molecule has 128 valence electrons. The van der Waals surface area contributed by atoms with Crippen LogP contribution >= 0.6 is 11.3 Å². The number of fused-ring (bicyclic) bond motifs is 1. The number of ketones is 1. The Bertz CT molecular complexity index is 701. The summed E-state index contributed by atoms with van der Waals surface area (Å²) in [5.74, 6) is 0.777. The van der Waals surface area contributed by atoms with E-state index in [1.807, 2.05) is 25.1 Å². The van der Waals surface area contributed by atoms with Crippen molar-refractivity contribution in [2.45, 2.75) is 19.6 Å². The molecule has 3 rings (SSSR count). The van der Waals surface area contributed by atoms with E-state index in [1.54, 1.807) is 11.3 Å². The summed E-state index contributed by atoms with van der Waals surface area (Å²) in [6.07, 6.45) is 1.84. The predicted octanol–water partition coefficient (Wildman–Crippen LogP) is 1.79. The Morgan fingerprint density at radius 2 is 2.21 bits per heavy atom. The van der Waals surface area contributed by atoms with Gasteiger partial charge in [0.1, 0.15) is 12.4 Å². The van der Waals surface area contributed by atoms with E-state index in [4.69, 9.17) is 15.1 Å². The molecule has 0 amide bonds. The Balaban J connectivity index is 1.45. The maximum atomic E-state index is 12.1. The van der Waals surface area contributed by atoms with E-state index in [0.717, 1.165) is 41.0 Å². The highest BCUT2D eigenvalue weighted by molar-refractivity contribution is 7.18. The summed E-state index contributed by atoms with van der Waals surface area (Å²) in [7, 11) is 0. The molecule has 0 atom stereocenters. The first-order valence-electron chi connectivity index (χ1n) is 8.20. The molecule has 2 aromatic rings. The van der Waals surface area contributed by atoms with E-state index >= 15 is 0 Å². The average molecular weight is 347 g/mol. The lowest BCUT2D eigenvalue weighted by Gasteiger charge is -2.29. The molecule has 1 saturated heterocycles. The number of nitrogens with zero attached hydrogens (tertiary/aromatic N) is 2. The number of carbonyl (C=O) groups excluding carboxylic acids is 1. The third-order valence-electron chi connectivity index (χ3n) is 4.13. The topological polar surface area (TPSA) is 77.7 Å². The van der Waals surface area contributed by atoms with Gasteiger partial charge in [0.15, 0.2) is 5.78 Å². The number of hydrogen-bond donors (Lipinski definition) is 1. The molecule has 0 saturated carbocycles. The second-order valence-corrected chi connectivity index (χ2v) is 7.23. The van der Waals surface area contributed by atoms with Crippen molar-refractivity contribution in [1.82, 2.24) is 9.88 Å². The SMILES string of the molecule is Cc1nc2cc(OCC(=O)CN3CCB(OCN)CC3)ccc2s1. The van der Waals surface area contributed by atoms with Gasteiger partial charge in [0.05, 0.1) is 28.5 Å². The minimum Gasteiger partial charge on any atom is -0.486 e. The normalized spacial score (nSPS) is 15.8. The molecular formula is C16H22BN3O3S. The zero-order valence-corrected chi connectivity index (χ0v) is 14.7. The summed E-state index contributed by atoms with van der Waals surface area (Å²) in [6.45, 7) is 4.71. The van der Waals surface area contributed by atoms with Crippen molar-refractivity contribution >= 4 is 34.3 Å². The van der Waals surface area contributed by atoms with Gasteiger partial charge in [-0.1, -0.05) is 0 Å². The van der Waals surface area contributed by atoms with Gasteiger partial charge in [0, 0.05) is 6.07 Å². The highest BCUT2D eigenvalue weighted by Gasteiger charge is 2.24. The fraction of sp³-hybridized carbons (Fsp3) is 0.500. The predicted molar refractivity (Wildman–Crippen MR) is 96.8 cm³/mol. The molecular weight excluding hydrogens is 325 g/mol. The second kappa shape index (κ2) is 8.07. The molecule has 1 aromatic heterocycles. The van der Waals surface area contributed by atoms with Gasteiger partial charge in [0.2, 0.25) is 0 Å². The Labute approximate surface area is 146 Å². The zero-order valence-electron chi connectivity index (χ0n) is 13.9. The van der Waals surface area contributed by atoms with Crippen LogP contribution in [0.5, 0.6) is 5.75 Å². The minimum atomic E-state index is 0.0859. The Hall–Kier alpha value is -1.48. The van der Waals surface area contributed by atoms with Crippen molar-refractivity contribution in [3.8, 4) is 5.75 Å². The molecule has 0 aliphatic carbocycles. The Morgan fingerprint density at radius 1 is 1.42 bits per heavy atom. The fourth-order valence-electron chi connectivity index (χ4n) is 2.94. The van der Waals surface area contributed by atoms with E-state index in [0.29, 0.717) is 12.3 Å². The quantitative estimate of drug-likeness (QED) is 0.608. The lowest BCUT2D eigenvalue weighted by atomic mass is 9.59. The van der Waals surface area contributed by atoms with Crippen molar-refractivity contribution in [3.63, 3.8) is 0 Å². The first kappa shape index (κ1) is 17.4. The van der Waals surface area contributed by atoms with Crippen LogP contribution in [0.3, 0.4) is 0 Å². The highest BCUT2D eigenvalue weighted by Crippen LogP contribution is 2.25. The molecule has 1 aromatic carbocycles. The summed E-state index contributed by atoms with van der Waals surface area (Å²) in [4.78, 5) is 18.7. The highest BCUT2D eigenvalue weighted by atomic mass is 32.1. The Kier molecular flexibility index (Phi) is 5.83. The summed E-state index contributed by atoms with van der Waals surface area (Å²) >= 11 is 1.65. The van der Waals surface area contributed by atoms with E-state index in [-0.39, 0.29) is 26.0 Å². The molecule has 24 heavy (non-hydrogen) atoms. The fourth-order valence-corrected chi connectivity index (χ4v) is 3.75. The molecule has 1 aliphatic rings. The van der Waals surface area contributed by atoms with Gasteiger partial charge in [-0.15, -0.1) is 11.3 Å². The number of aromatic nitrogens is 1. The van der Waals surface area contributed by atoms with Gasteiger partial charge >= 0.3 is 0 Å². The van der Waals surface area contributed by atoms with Gasteiger partial charge < -0.3 is 15.1 Å². The maximum absolute atomic E-state index is 12.1. The monoisotopic (exact) mass is 347 g/mol. The maximum Gasteiger partial charge on any atom is 0.297 e. The summed E-state index contributed by atoms with van der Waals surface area (Å²) in [5.41, 5.74) is 6.32. The number of ether oxygens (including phenoxy) is 1. The molecule has 0 bridgehead atoms. The first-order chi connectivity index (χ1) is 11.6. The summed E-state index contributed by atoms with van der Waals surface area (Å²) in [5, 5.41) is 1.03. The van der Waals surface area contributed by atoms with Crippen molar-refractivity contribution in [2.24, 2.45) is 5.73 Å². The molecule has 2 heterocycles. The van der Waals surface area contributed by atoms with E-state index in [1.165, 1.54) is 0 Å². The zero-order chi connectivity index (χ0) is 16.9. The van der Waals surface area contributed by atoms with Gasteiger partial charge in [-0.3, -0.25) is 9.69 Å². The average Bonchev–Trinajstić information content (AvgIpc) is 2.94.